The van der Waals surface area contributed by atoms with Gasteiger partial charge < -0.3 is 9.64 Å². The summed E-state index contributed by atoms with van der Waals surface area (Å²) in [7, 11) is 0. The van der Waals surface area contributed by atoms with Crippen molar-refractivity contribution in [2.24, 2.45) is 0 Å². The SMILES string of the molecule is CCOC(=O)C1CCCN1c1cc(Cl)ccc1C(F)(F)F. The third kappa shape index (κ3) is 3.43. The molecule has 1 saturated heterocycles. The average Bonchev–Trinajstić information content (AvgIpc) is 2.86. The van der Waals surface area contributed by atoms with Crippen molar-refractivity contribution in [3.05, 3.63) is 28.8 Å². The minimum atomic E-state index is -4.50. The van der Waals surface area contributed by atoms with Crippen LogP contribution in [-0.4, -0.2) is 25.2 Å². The number of carbonyl (C=O) groups is 1. The Labute approximate surface area is 125 Å². The summed E-state index contributed by atoms with van der Waals surface area (Å²) in [5.74, 6) is -0.497. The van der Waals surface area contributed by atoms with Gasteiger partial charge in [-0.3, -0.25) is 0 Å². The molecule has 1 heterocycles. The Morgan fingerprint density at radius 3 is 2.81 bits per heavy atom. The molecule has 21 heavy (non-hydrogen) atoms. The molecule has 1 aliphatic rings. The van der Waals surface area contributed by atoms with Crippen molar-refractivity contribution in [3.63, 3.8) is 0 Å². The normalized spacial score (nSPS) is 18.9. The van der Waals surface area contributed by atoms with Gasteiger partial charge in [-0.1, -0.05) is 11.6 Å². The zero-order valence-electron chi connectivity index (χ0n) is 11.4. The highest BCUT2D eigenvalue weighted by atomic mass is 35.5. The molecular formula is C14H15ClF3NO2. The molecule has 0 N–H and O–H groups in total. The van der Waals surface area contributed by atoms with Crippen LogP contribution in [0, 0.1) is 0 Å². The summed E-state index contributed by atoms with van der Waals surface area (Å²) in [6.07, 6.45) is -3.39. The van der Waals surface area contributed by atoms with Crippen molar-refractivity contribution in [2.45, 2.75) is 32.0 Å². The van der Waals surface area contributed by atoms with Gasteiger partial charge >= 0.3 is 12.1 Å². The lowest BCUT2D eigenvalue weighted by molar-refractivity contribution is -0.145. The number of halogens is 4. The molecule has 0 amide bonds. The van der Waals surface area contributed by atoms with Gasteiger partial charge in [0.2, 0.25) is 0 Å². The van der Waals surface area contributed by atoms with Crippen LogP contribution in [0.2, 0.25) is 5.02 Å². The smallest absolute Gasteiger partial charge is 0.418 e. The van der Waals surface area contributed by atoms with Crippen LogP contribution in [0.25, 0.3) is 0 Å². The summed E-state index contributed by atoms with van der Waals surface area (Å²) < 4.78 is 44.3. The van der Waals surface area contributed by atoms with Crippen LogP contribution in [0.1, 0.15) is 25.3 Å². The number of anilines is 1. The molecule has 0 aromatic heterocycles. The van der Waals surface area contributed by atoms with Gasteiger partial charge in [0.25, 0.3) is 0 Å². The number of hydrogen-bond acceptors (Lipinski definition) is 3. The lowest BCUT2D eigenvalue weighted by Crippen LogP contribution is -2.38. The van der Waals surface area contributed by atoms with E-state index in [0.29, 0.717) is 19.4 Å². The third-order valence-electron chi connectivity index (χ3n) is 3.39. The Bertz CT molecular complexity index is 533. The molecule has 7 heteroatoms. The van der Waals surface area contributed by atoms with Gasteiger partial charge in [0.05, 0.1) is 17.9 Å². The molecule has 0 radical (unpaired) electrons. The summed E-state index contributed by atoms with van der Waals surface area (Å²) >= 11 is 5.82. The number of benzene rings is 1. The summed E-state index contributed by atoms with van der Waals surface area (Å²) in [5, 5.41) is 0.201. The van der Waals surface area contributed by atoms with E-state index in [-0.39, 0.29) is 17.3 Å². The van der Waals surface area contributed by atoms with E-state index in [2.05, 4.69) is 0 Å². The highest BCUT2D eigenvalue weighted by molar-refractivity contribution is 6.30. The Kier molecular flexibility index (Phi) is 4.66. The molecular weight excluding hydrogens is 307 g/mol. The molecule has 116 valence electrons. The van der Waals surface area contributed by atoms with E-state index in [4.69, 9.17) is 16.3 Å². The second-order valence-corrected chi connectivity index (χ2v) is 5.20. The highest BCUT2D eigenvalue weighted by Gasteiger charge is 2.39. The van der Waals surface area contributed by atoms with Gasteiger partial charge in [0.15, 0.2) is 0 Å². The zero-order chi connectivity index (χ0) is 15.6. The van der Waals surface area contributed by atoms with E-state index in [1.807, 2.05) is 0 Å². The number of alkyl halides is 3. The molecule has 1 atom stereocenters. The van der Waals surface area contributed by atoms with E-state index in [9.17, 15) is 18.0 Å². The van der Waals surface area contributed by atoms with E-state index >= 15 is 0 Å². The predicted molar refractivity (Wildman–Crippen MR) is 73.5 cm³/mol. The summed E-state index contributed by atoms with van der Waals surface area (Å²) in [5.41, 5.74) is -0.853. The van der Waals surface area contributed by atoms with Crippen LogP contribution < -0.4 is 4.90 Å². The molecule has 1 aromatic rings. The molecule has 0 aliphatic carbocycles. The van der Waals surface area contributed by atoms with Gasteiger partial charge in [-0.2, -0.15) is 13.2 Å². The van der Waals surface area contributed by atoms with Crippen LogP contribution in [0.15, 0.2) is 18.2 Å². The number of carbonyl (C=O) groups excluding carboxylic acids is 1. The number of nitrogens with zero attached hydrogens (tertiary/aromatic N) is 1. The second-order valence-electron chi connectivity index (χ2n) is 4.76. The number of hydrogen-bond donors (Lipinski definition) is 0. The first-order valence-corrected chi connectivity index (χ1v) is 7.02. The van der Waals surface area contributed by atoms with Gasteiger partial charge in [-0.15, -0.1) is 0 Å². The molecule has 2 rings (SSSR count). The van der Waals surface area contributed by atoms with Crippen molar-refractivity contribution < 1.29 is 22.7 Å². The second kappa shape index (κ2) is 6.13. The molecule has 0 spiro atoms. The van der Waals surface area contributed by atoms with Crippen LogP contribution >= 0.6 is 11.6 Å². The van der Waals surface area contributed by atoms with E-state index < -0.39 is 23.8 Å². The van der Waals surface area contributed by atoms with Crippen LogP contribution in [0.5, 0.6) is 0 Å². The quantitative estimate of drug-likeness (QED) is 0.791. The molecule has 3 nitrogen and oxygen atoms in total. The number of ether oxygens (including phenoxy) is 1. The summed E-state index contributed by atoms with van der Waals surface area (Å²) in [6.45, 7) is 2.23. The molecule has 0 bridgehead atoms. The molecule has 0 saturated carbocycles. The monoisotopic (exact) mass is 321 g/mol. The van der Waals surface area contributed by atoms with Crippen molar-refractivity contribution in [1.82, 2.24) is 0 Å². The van der Waals surface area contributed by atoms with E-state index in [1.165, 1.54) is 17.0 Å². The Morgan fingerprint density at radius 2 is 2.19 bits per heavy atom. The maximum Gasteiger partial charge on any atom is 0.418 e. The maximum atomic E-state index is 13.1. The molecule has 1 aliphatic heterocycles. The zero-order valence-corrected chi connectivity index (χ0v) is 12.2. The standard InChI is InChI=1S/C14H15ClF3NO2/c1-2-21-13(20)11-4-3-7-19(11)12-8-9(15)5-6-10(12)14(16,17)18/h5-6,8,11H,2-4,7H2,1H3. The fourth-order valence-corrected chi connectivity index (χ4v) is 2.69. The Morgan fingerprint density at radius 1 is 1.48 bits per heavy atom. The van der Waals surface area contributed by atoms with Gasteiger partial charge in [0, 0.05) is 11.6 Å². The summed E-state index contributed by atoms with van der Waals surface area (Å²) in [4.78, 5) is 13.3. The largest absolute Gasteiger partial charge is 0.464 e. The van der Waals surface area contributed by atoms with Crippen molar-refractivity contribution in [2.75, 3.05) is 18.1 Å². The Balaban J connectivity index is 2.40. The third-order valence-corrected chi connectivity index (χ3v) is 3.62. The molecule has 1 aromatic carbocycles. The minimum absolute atomic E-state index is 0.0643. The first kappa shape index (κ1) is 15.9. The van der Waals surface area contributed by atoms with Gasteiger partial charge in [-0.05, 0) is 38.0 Å². The summed E-state index contributed by atoms with van der Waals surface area (Å²) in [6, 6.07) is 2.70. The fourth-order valence-electron chi connectivity index (χ4n) is 2.52. The van der Waals surface area contributed by atoms with Crippen molar-refractivity contribution in [3.8, 4) is 0 Å². The predicted octanol–water partition coefficient (Wildman–Crippen LogP) is 3.89. The fraction of sp³-hybridized carbons (Fsp3) is 0.500. The minimum Gasteiger partial charge on any atom is -0.464 e. The van der Waals surface area contributed by atoms with E-state index in [1.54, 1.807) is 6.92 Å². The van der Waals surface area contributed by atoms with Crippen molar-refractivity contribution >= 4 is 23.3 Å². The average molecular weight is 322 g/mol. The topological polar surface area (TPSA) is 29.5 Å². The lowest BCUT2D eigenvalue weighted by Gasteiger charge is -2.28. The first-order valence-electron chi connectivity index (χ1n) is 6.64. The van der Waals surface area contributed by atoms with Crippen LogP contribution in [0.4, 0.5) is 18.9 Å². The molecule has 1 fully saturated rings. The lowest BCUT2D eigenvalue weighted by atomic mass is 10.1. The molecule has 1 unspecified atom stereocenters. The number of rotatable bonds is 3. The first-order chi connectivity index (χ1) is 9.84. The Hall–Kier alpha value is -1.43. The van der Waals surface area contributed by atoms with Crippen molar-refractivity contribution in [1.29, 1.82) is 0 Å². The number of esters is 1. The van der Waals surface area contributed by atoms with Gasteiger partial charge in [-0.25, -0.2) is 4.79 Å². The van der Waals surface area contributed by atoms with E-state index in [0.717, 1.165) is 6.07 Å². The van der Waals surface area contributed by atoms with Gasteiger partial charge in [0.1, 0.15) is 6.04 Å². The highest BCUT2D eigenvalue weighted by Crippen LogP contribution is 2.40. The maximum absolute atomic E-state index is 13.1. The van der Waals surface area contributed by atoms with Crippen LogP contribution in [-0.2, 0) is 15.7 Å². The van der Waals surface area contributed by atoms with Crippen LogP contribution in [0.3, 0.4) is 0 Å².